The molecule has 16 heavy (non-hydrogen) atoms. The highest BCUT2D eigenvalue weighted by Gasteiger charge is 2.25. The lowest BCUT2D eigenvalue weighted by atomic mass is 10.3. The van der Waals surface area contributed by atoms with E-state index in [0.29, 0.717) is 0 Å². The molecule has 0 saturated heterocycles. The highest BCUT2D eigenvalue weighted by atomic mass is 127. The number of methoxy groups -OCH3 is 1. The van der Waals surface area contributed by atoms with Crippen LogP contribution in [-0.4, -0.2) is 20.5 Å². The molecule has 1 heterocycles. The fourth-order valence-corrected chi connectivity index (χ4v) is 3.11. The number of hydrogen-bond acceptors (Lipinski definition) is 4. The monoisotopic (exact) mass is 364 g/mol. The number of pyridine rings is 1. The summed E-state index contributed by atoms with van der Waals surface area (Å²) in [6.07, 6.45) is -2.00. The molecule has 0 aliphatic carbocycles. The topological polar surface area (TPSA) is 82.3 Å². The van der Waals surface area contributed by atoms with Crippen LogP contribution in [0.5, 0.6) is 5.88 Å². The molecule has 0 saturated carbocycles. The summed E-state index contributed by atoms with van der Waals surface area (Å²) in [5.74, 6) is -0.313. The Morgan fingerprint density at radius 2 is 2.12 bits per heavy atom. The number of alkyl halides is 2. The Morgan fingerprint density at radius 1 is 1.56 bits per heavy atom. The minimum Gasteiger partial charge on any atom is -0.481 e. The molecule has 1 aromatic rings. The van der Waals surface area contributed by atoms with E-state index in [0.717, 1.165) is 6.20 Å². The summed E-state index contributed by atoms with van der Waals surface area (Å²) in [5.41, 5.74) is -0.574. The standard InChI is InChI=1S/C7H7F2IN2O3S/c1-15-7-4(6(8)9)5(10)3(2-12-7)16(11,13)14/h2,6H,1H3,(H2,11,13,14). The van der Waals surface area contributed by atoms with Gasteiger partial charge in [-0.3, -0.25) is 0 Å². The lowest BCUT2D eigenvalue weighted by Crippen LogP contribution is -2.16. The van der Waals surface area contributed by atoms with Gasteiger partial charge in [-0.1, -0.05) is 0 Å². The van der Waals surface area contributed by atoms with Crippen LogP contribution in [-0.2, 0) is 10.0 Å². The van der Waals surface area contributed by atoms with E-state index >= 15 is 0 Å². The van der Waals surface area contributed by atoms with Crippen molar-refractivity contribution >= 4 is 32.6 Å². The maximum absolute atomic E-state index is 12.7. The number of halogens is 3. The second-order valence-corrected chi connectivity index (χ2v) is 5.31. The molecule has 90 valence electrons. The summed E-state index contributed by atoms with van der Waals surface area (Å²) in [4.78, 5) is 3.04. The summed E-state index contributed by atoms with van der Waals surface area (Å²) < 4.78 is 52.0. The van der Waals surface area contributed by atoms with E-state index in [9.17, 15) is 17.2 Å². The molecule has 1 rings (SSSR count). The van der Waals surface area contributed by atoms with Crippen molar-refractivity contribution in [1.29, 1.82) is 0 Å². The SMILES string of the molecule is COc1ncc(S(N)(=O)=O)c(I)c1C(F)F. The fraction of sp³-hybridized carbons (Fsp3) is 0.286. The molecular weight excluding hydrogens is 357 g/mol. The van der Waals surface area contributed by atoms with Gasteiger partial charge >= 0.3 is 0 Å². The molecule has 1 aromatic heterocycles. The van der Waals surface area contributed by atoms with E-state index in [1.807, 2.05) is 0 Å². The Kier molecular flexibility index (Phi) is 4.02. The smallest absolute Gasteiger partial charge is 0.270 e. The van der Waals surface area contributed by atoms with Crippen molar-refractivity contribution in [3.8, 4) is 5.88 Å². The molecule has 0 spiro atoms. The zero-order valence-corrected chi connectivity index (χ0v) is 10.9. The molecule has 2 N–H and O–H groups in total. The first kappa shape index (κ1) is 13.5. The summed E-state index contributed by atoms with van der Waals surface area (Å²) >= 11 is 1.47. The van der Waals surface area contributed by atoms with Gasteiger partial charge in [0.15, 0.2) is 0 Å². The third-order valence-corrected chi connectivity index (χ3v) is 4.15. The van der Waals surface area contributed by atoms with Crippen LogP contribution in [0.1, 0.15) is 12.0 Å². The first-order valence-corrected chi connectivity index (χ1v) is 6.45. The normalized spacial score (nSPS) is 11.9. The Balaban J connectivity index is 3.57. The first-order valence-electron chi connectivity index (χ1n) is 3.82. The average Bonchev–Trinajstić information content (AvgIpc) is 2.14. The number of sulfonamides is 1. The van der Waals surface area contributed by atoms with Crippen molar-refractivity contribution in [2.45, 2.75) is 11.3 Å². The number of nitrogens with two attached hydrogens (primary N) is 1. The second kappa shape index (κ2) is 4.75. The predicted molar refractivity (Wildman–Crippen MR) is 59.8 cm³/mol. The molecule has 9 heteroatoms. The van der Waals surface area contributed by atoms with E-state index in [-0.39, 0.29) is 9.45 Å². The molecule has 0 aromatic carbocycles. The van der Waals surface area contributed by atoms with E-state index in [2.05, 4.69) is 9.72 Å². The number of nitrogens with zero attached hydrogens (tertiary/aromatic N) is 1. The third-order valence-electron chi connectivity index (χ3n) is 1.70. The average molecular weight is 364 g/mol. The lowest BCUT2D eigenvalue weighted by molar-refractivity contribution is 0.144. The Hall–Kier alpha value is -0.550. The van der Waals surface area contributed by atoms with Gasteiger partial charge in [0.05, 0.1) is 18.9 Å². The van der Waals surface area contributed by atoms with E-state index < -0.39 is 26.9 Å². The quantitative estimate of drug-likeness (QED) is 0.820. The van der Waals surface area contributed by atoms with Crippen LogP contribution in [0.25, 0.3) is 0 Å². The maximum Gasteiger partial charge on any atom is 0.270 e. The molecule has 0 unspecified atom stereocenters. The molecule has 5 nitrogen and oxygen atoms in total. The van der Waals surface area contributed by atoms with E-state index in [1.54, 1.807) is 0 Å². The Labute approximate surface area is 104 Å². The molecule has 0 bridgehead atoms. The summed E-state index contributed by atoms with van der Waals surface area (Å²) in [6, 6.07) is 0. The molecule has 0 amide bonds. The molecule has 0 atom stereocenters. The lowest BCUT2D eigenvalue weighted by Gasteiger charge is -2.11. The predicted octanol–water partition coefficient (Wildman–Crippen LogP) is 1.28. The summed E-state index contributed by atoms with van der Waals surface area (Å²) in [6.45, 7) is 0. The third kappa shape index (κ3) is 2.58. The summed E-state index contributed by atoms with van der Waals surface area (Å²) in [7, 11) is -2.91. The highest BCUT2D eigenvalue weighted by molar-refractivity contribution is 14.1. The zero-order chi connectivity index (χ0) is 12.5. The Bertz CT molecular complexity index is 507. The Morgan fingerprint density at radius 3 is 2.50 bits per heavy atom. The maximum atomic E-state index is 12.7. The second-order valence-electron chi connectivity index (χ2n) is 2.71. The summed E-state index contributed by atoms with van der Waals surface area (Å²) in [5, 5.41) is 4.86. The van der Waals surface area contributed by atoms with Gasteiger partial charge in [0.2, 0.25) is 15.9 Å². The van der Waals surface area contributed by atoms with Crippen LogP contribution >= 0.6 is 22.6 Å². The van der Waals surface area contributed by atoms with Gasteiger partial charge in [0.1, 0.15) is 4.90 Å². The molecule has 0 fully saturated rings. The van der Waals surface area contributed by atoms with Crippen molar-refractivity contribution in [3.05, 3.63) is 15.3 Å². The number of aromatic nitrogens is 1. The number of hydrogen-bond donors (Lipinski definition) is 1. The van der Waals surface area contributed by atoms with Gasteiger partial charge in [-0.15, -0.1) is 0 Å². The van der Waals surface area contributed by atoms with Gasteiger partial charge in [-0.25, -0.2) is 27.3 Å². The van der Waals surface area contributed by atoms with Crippen molar-refractivity contribution in [3.63, 3.8) is 0 Å². The van der Waals surface area contributed by atoms with Crippen molar-refractivity contribution in [1.82, 2.24) is 4.98 Å². The van der Waals surface area contributed by atoms with Gasteiger partial charge in [-0.2, -0.15) is 0 Å². The van der Waals surface area contributed by atoms with Gasteiger partial charge in [0.25, 0.3) is 6.43 Å². The molecule has 0 aliphatic heterocycles. The van der Waals surface area contributed by atoms with E-state index in [1.165, 1.54) is 29.7 Å². The largest absolute Gasteiger partial charge is 0.481 e. The first-order chi connectivity index (χ1) is 7.29. The number of primary sulfonamides is 1. The van der Waals surface area contributed by atoms with Crippen molar-refractivity contribution < 1.29 is 21.9 Å². The zero-order valence-electron chi connectivity index (χ0n) is 7.95. The van der Waals surface area contributed by atoms with Crippen LogP contribution in [0.15, 0.2) is 11.1 Å². The fourth-order valence-electron chi connectivity index (χ4n) is 1.02. The van der Waals surface area contributed by atoms with Crippen molar-refractivity contribution in [2.75, 3.05) is 7.11 Å². The minimum atomic E-state index is -4.07. The van der Waals surface area contributed by atoms with Crippen LogP contribution in [0.4, 0.5) is 8.78 Å². The van der Waals surface area contributed by atoms with Crippen LogP contribution in [0.2, 0.25) is 0 Å². The molecule has 0 aliphatic rings. The molecular formula is C7H7F2IN2O3S. The van der Waals surface area contributed by atoms with Crippen LogP contribution in [0.3, 0.4) is 0 Å². The van der Waals surface area contributed by atoms with Gasteiger partial charge < -0.3 is 4.74 Å². The van der Waals surface area contributed by atoms with E-state index in [4.69, 9.17) is 5.14 Å². The van der Waals surface area contributed by atoms with Gasteiger partial charge in [-0.05, 0) is 22.6 Å². The van der Waals surface area contributed by atoms with Crippen molar-refractivity contribution in [2.24, 2.45) is 5.14 Å². The molecule has 0 radical (unpaired) electrons. The van der Waals surface area contributed by atoms with Crippen LogP contribution in [0, 0.1) is 3.57 Å². The number of ether oxygens (including phenoxy) is 1. The van der Waals surface area contributed by atoms with Gasteiger partial charge in [0, 0.05) is 3.57 Å². The number of rotatable bonds is 3. The highest BCUT2D eigenvalue weighted by Crippen LogP contribution is 2.34. The minimum absolute atomic E-state index is 0.179. The van der Waals surface area contributed by atoms with Crippen LogP contribution < -0.4 is 9.88 Å².